The van der Waals surface area contributed by atoms with Crippen LogP contribution in [-0.2, 0) is 28.6 Å². The van der Waals surface area contributed by atoms with E-state index in [0.29, 0.717) is 19.3 Å². The van der Waals surface area contributed by atoms with Crippen LogP contribution in [0.5, 0.6) is 0 Å². The molecule has 0 radical (unpaired) electrons. The third-order valence-electron chi connectivity index (χ3n) is 14.9. The number of esters is 3. The van der Waals surface area contributed by atoms with E-state index in [1.54, 1.807) is 0 Å². The summed E-state index contributed by atoms with van der Waals surface area (Å²) in [4.78, 5) is 38.4. The van der Waals surface area contributed by atoms with E-state index in [0.717, 1.165) is 109 Å². The number of carbonyl (C=O) groups is 3. The Bertz CT molecular complexity index is 1500. The lowest BCUT2D eigenvalue weighted by Gasteiger charge is -2.18. The lowest BCUT2D eigenvalue weighted by molar-refractivity contribution is -0.167. The van der Waals surface area contributed by atoms with Gasteiger partial charge in [-0.3, -0.25) is 14.4 Å². The van der Waals surface area contributed by atoms with Crippen molar-refractivity contribution < 1.29 is 28.6 Å². The van der Waals surface area contributed by atoms with Crippen LogP contribution in [0, 0.1) is 0 Å². The largest absolute Gasteiger partial charge is 0.462 e. The van der Waals surface area contributed by atoms with Crippen LogP contribution in [0.4, 0.5) is 0 Å². The minimum atomic E-state index is -0.780. The fourth-order valence-corrected chi connectivity index (χ4v) is 9.86. The molecular weight excluding hydrogens is 973 g/mol. The summed E-state index contributed by atoms with van der Waals surface area (Å²) >= 11 is 0. The van der Waals surface area contributed by atoms with Gasteiger partial charge in [-0.25, -0.2) is 0 Å². The highest BCUT2D eigenvalue weighted by molar-refractivity contribution is 5.71. The van der Waals surface area contributed by atoms with Crippen molar-refractivity contribution in [1.29, 1.82) is 0 Å². The number of hydrogen-bond donors (Lipinski definition) is 0. The predicted molar refractivity (Wildman–Crippen MR) is 344 cm³/mol. The minimum Gasteiger partial charge on any atom is -0.462 e. The maximum Gasteiger partial charge on any atom is 0.306 e. The van der Waals surface area contributed by atoms with Crippen molar-refractivity contribution >= 4 is 17.9 Å². The number of allylic oxidation sites excluding steroid dienone is 14. The maximum absolute atomic E-state index is 12.9. The Morgan fingerprint density at radius 3 is 0.772 bits per heavy atom. The fraction of sp³-hybridized carbons (Fsp3) is 0.767. The molecule has 0 saturated carbocycles. The first-order valence-corrected chi connectivity index (χ1v) is 34.1. The molecule has 0 N–H and O–H groups in total. The van der Waals surface area contributed by atoms with Gasteiger partial charge in [0.25, 0.3) is 0 Å². The molecule has 0 spiro atoms. The predicted octanol–water partition coefficient (Wildman–Crippen LogP) is 23.4. The average Bonchev–Trinajstić information content (AvgIpc) is 3.45. The van der Waals surface area contributed by atoms with Crippen LogP contribution in [0.1, 0.15) is 342 Å². The summed E-state index contributed by atoms with van der Waals surface area (Å²) in [5, 5.41) is 0. The van der Waals surface area contributed by atoms with Crippen molar-refractivity contribution in [1.82, 2.24) is 0 Å². The van der Waals surface area contributed by atoms with Crippen molar-refractivity contribution in [3.63, 3.8) is 0 Å². The molecule has 0 saturated heterocycles. The van der Waals surface area contributed by atoms with Gasteiger partial charge in [-0.05, 0) is 89.9 Å². The standard InChI is InChI=1S/C73H128O6/c1-4-7-10-13-16-19-22-25-28-30-31-32-33-34-35-36-37-38-39-40-41-43-45-48-51-54-57-60-63-66-72(75)78-69-70(68-77-71(74)65-62-59-56-53-50-47-44-27-24-21-18-15-12-9-6-3)79-73(76)67-64-61-58-55-52-49-46-42-29-26-23-20-17-14-11-8-5-2/h7-8,10-11,16-17,19-20,25-26,28-29,31-32,70H,4-6,9,12-15,18,21-24,27,30,33-69H2,1-3H3/b10-7-,11-8-,19-16-,20-17-,28-25-,29-26-,32-31-. The number of ether oxygens (including phenoxy) is 3. The van der Waals surface area contributed by atoms with Gasteiger partial charge < -0.3 is 14.2 Å². The summed E-state index contributed by atoms with van der Waals surface area (Å²) in [6.07, 6.45) is 88.9. The van der Waals surface area contributed by atoms with E-state index in [-0.39, 0.29) is 31.1 Å². The molecule has 6 nitrogen and oxygen atoms in total. The molecule has 456 valence electrons. The van der Waals surface area contributed by atoms with Crippen molar-refractivity contribution in [3.8, 4) is 0 Å². The zero-order valence-corrected chi connectivity index (χ0v) is 52.4. The van der Waals surface area contributed by atoms with Crippen LogP contribution >= 0.6 is 0 Å². The van der Waals surface area contributed by atoms with E-state index in [9.17, 15) is 14.4 Å². The molecule has 0 aliphatic carbocycles. The molecule has 6 heteroatoms. The number of hydrogen-bond acceptors (Lipinski definition) is 6. The highest BCUT2D eigenvalue weighted by Gasteiger charge is 2.19. The van der Waals surface area contributed by atoms with E-state index < -0.39 is 6.10 Å². The molecule has 0 amide bonds. The highest BCUT2D eigenvalue weighted by Crippen LogP contribution is 2.18. The van der Waals surface area contributed by atoms with Gasteiger partial charge in [0, 0.05) is 19.3 Å². The third kappa shape index (κ3) is 65.3. The van der Waals surface area contributed by atoms with E-state index in [1.165, 1.54) is 193 Å². The van der Waals surface area contributed by atoms with Crippen molar-refractivity contribution in [2.75, 3.05) is 13.2 Å². The van der Waals surface area contributed by atoms with Gasteiger partial charge in [-0.15, -0.1) is 0 Å². The maximum atomic E-state index is 12.9. The smallest absolute Gasteiger partial charge is 0.306 e. The average molecular weight is 1100 g/mol. The van der Waals surface area contributed by atoms with Crippen LogP contribution in [0.15, 0.2) is 85.1 Å². The number of carbonyl (C=O) groups excluding carboxylic acids is 3. The summed E-state index contributed by atoms with van der Waals surface area (Å²) < 4.78 is 17.0. The van der Waals surface area contributed by atoms with E-state index >= 15 is 0 Å². The molecular formula is C73H128O6. The number of rotatable bonds is 62. The second-order valence-corrected chi connectivity index (χ2v) is 22.7. The second-order valence-electron chi connectivity index (χ2n) is 22.7. The van der Waals surface area contributed by atoms with Gasteiger partial charge >= 0.3 is 17.9 Å². The van der Waals surface area contributed by atoms with E-state index in [4.69, 9.17) is 14.2 Å². The zero-order chi connectivity index (χ0) is 57.1. The lowest BCUT2D eigenvalue weighted by Crippen LogP contribution is -2.30. The number of unbranched alkanes of at least 4 members (excludes halogenated alkanes) is 37. The Balaban J connectivity index is 4.24. The van der Waals surface area contributed by atoms with Crippen molar-refractivity contribution in [2.45, 2.75) is 348 Å². The Kier molecular flexibility index (Phi) is 64.2. The Hall–Kier alpha value is -3.41. The van der Waals surface area contributed by atoms with E-state index in [1.807, 2.05) is 0 Å². The van der Waals surface area contributed by atoms with Crippen LogP contribution < -0.4 is 0 Å². The van der Waals surface area contributed by atoms with Crippen LogP contribution in [0.25, 0.3) is 0 Å². The first kappa shape index (κ1) is 75.6. The first-order valence-electron chi connectivity index (χ1n) is 34.1. The third-order valence-corrected chi connectivity index (χ3v) is 14.9. The van der Waals surface area contributed by atoms with Gasteiger partial charge in [0.1, 0.15) is 13.2 Å². The van der Waals surface area contributed by atoms with E-state index in [2.05, 4.69) is 106 Å². The summed E-state index contributed by atoms with van der Waals surface area (Å²) in [6, 6.07) is 0. The quantitative estimate of drug-likeness (QED) is 0.0261. The van der Waals surface area contributed by atoms with Crippen LogP contribution in [0.3, 0.4) is 0 Å². The topological polar surface area (TPSA) is 78.9 Å². The van der Waals surface area contributed by atoms with Crippen LogP contribution in [-0.4, -0.2) is 37.2 Å². The van der Waals surface area contributed by atoms with Gasteiger partial charge in [-0.2, -0.15) is 0 Å². The second kappa shape index (κ2) is 67.1. The van der Waals surface area contributed by atoms with Gasteiger partial charge in [0.2, 0.25) is 0 Å². The molecule has 0 aromatic carbocycles. The van der Waals surface area contributed by atoms with Gasteiger partial charge in [0.15, 0.2) is 6.10 Å². The molecule has 0 bridgehead atoms. The molecule has 0 heterocycles. The summed E-state index contributed by atoms with van der Waals surface area (Å²) in [5.41, 5.74) is 0. The van der Waals surface area contributed by atoms with Gasteiger partial charge in [-0.1, -0.05) is 318 Å². The van der Waals surface area contributed by atoms with Crippen molar-refractivity contribution in [2.24, 2.45) is 0 Å². The molecule has 1 unspecified atom stereocenters. The molecule has 0 aliphatic rings. The SMILES string of the molecule is CC/C=C\C/C=C\C/C=C\C/C=C\CCCCCCCCCCCCCCCCCCC(=O)OCC(COC(=O)CCCCCCCCCCCCCCCCC)OC(=O)CCCCCCCCC/C=C\C/C=C\C/C=C\CC. The summed E-state index contributed by atoms with van der Waals surface area (Å²) in [7, 11) is 0. The summed E-state index contributed by atoms with van der Waals surface area (Å²) in [5.74, 6) is -0.866. The van der Waals surface area contributed by atoms with Crippen molar-refractivity contribution in [3.05, 3.63) is 85.1 Å². The molecule has 0 aromatic rings. The minimum absolute atomic E-state index is 0.0757. The first-order chi connectivity index (χ1) is 39.0. The molecule has 0 rings (SSSR count). The fourth-order valence-electron chi connectivity index (χ4n) is 9.86. The lowest BCUT2D eigenvalue weighted by atomic mass is 10.0. The molecule has 0 aliphatic heterocycles. The normalized spacial score (nSPS) is 12.6. The molecule has 0 aromatic heterocycles. The van der Waals surface area contributed by atoms with Gasteiger partial charge in [0.05, 0.1) is 0 Å². The Morgan fingerprint density at radius 2 is 0.494 bits per heavy atom. The molecule has 1 atom stereocenters. The monoisotopic (exact) mass is 1100 g/mol. The zero-order valence-electron chi connectivity index (χ0n) is 52.4. The molecule has 0 fully saturated rings. The molecule has 79 heavy (non-hydrogen) atoms. The Morgan fingerprint density at radius 1 is 0.266 bits per heavy atom. The highest BCUT2D eigenvalue weighted by atomic mass is 16.6. The summed E-state index contributed by atoms with van der Waals surface area (Å²) in [6.45, 7) is 6.46. The van der Waals surface area contributed by atoms with Crippen LogP contribution in [0.2, 0.25) is 0 Å². The Labute approximate surface area is 490 Å².